The summed E-state index contributed by atoms with van der Waals surface area (Å²) in [6.45, 7) is 2.24. The fourth-order valence-corrected chi connectivity index (χ4v) is 4.37. The standard InChI is InChI=1S/C15H19N5OS/c16-13-4-3-10-6-19(8-12(10)13)15(21)14-9-20(18-17-14)7-11-2-1-5-22-11/h1-2,5,9-10,12-13H,3-4,6-8,16H2. The van der Waals surface area contributed by atoms with E-state index in [0.717, 1.165) is 25.9 Å². The van der Waals surface area contributed by atoms with Crippen molar-refractivity contribution in [2.75, 3.05) is 13.1 Å². The molecule has 0 aromatic carbocycles. The van der Waals surface area contributed by atoms with E-state index in [2.05, 4.69) is 16.4 Å². The number of amides is 1. The van der Waals surface area contributed by atoms with Crippen molar-refractivity contribution in [2.24, 2.45) is 17.6 Å². The van der Waals surface area contributed by atoms with E-state index in [4.69, 9.17) is 5.73 Å². The van der Waals surface area contributed by atoms with Crippen LogP contribution in [0.15, 0.2) is 23.7 Å². The molecule has 116 valence electrons. The smallest absolute Gasteiger partial charge is 0.276 e. The molecule has 2 aliphatic rings. The first kappa shape index (κ1) is 13.9. The van der Waals surface area contributed by atoms with Crippen LogP contribution in [0.5, 0.6) is 0 Å². The molecule has 4 rings (SSSR count). The van der Waals surface area contributed by atoms with Crippen molar-refractivity contribution in [3.8, 4) is 0 Å². The first-order valence-electron chi connectivity index (χ1n) is 7.68. The van der Waals surface area contributed by atoms with Crippen LogP contribution in [0.25, 0.3) is 0 Å². The van der Waals surface area contributed by atoms with Gasteiger partial charge >= 0.3 is 0 Å². The Bertz CT molecular complexity index is 667. The van der Waals surface area contributed by atoms with Gasteiger partial charge in [0.05, 0.1) is 12.7 Å². The van der Waals surface area contributed by atoms with Gasteiger partial charge in [-0.05, 0) is 36.1 Å². The molecule has 3 heterocycles. The van der Waals surface area contributed by atoms with Crippen molar-refractivity contribution in [1.82, 2.24) is 19.9 Å². The Morgan fingerprint density at radius 2 is 2.32 bits per heavy atom. The molecule has 1 amide bonds. The molecule has 2 aromatic heterocycles. The van der Waals surface area contributed by atoms with E-state index in [1.54, 1.807) is 22.2 Å². The van der Waals surface area contributed by atoms with Crippen LogP contribution in [0.1, 0.15) is 28.2 Å². The Balaban J connectivity index is 1.44. The molecule has 1 saturated carbocycles. The molecular weight excluding hydrogens is 298 g/mol. The molecule has 2 fully saturated rings. The summed E-state index contributed by atoms with van der Waals surface area (Å²) in [5, 5.41) is 10.2. The van der Waals surface area contributed by atoms with Crippen LogP contribution in [0.4, 0.5) is 0 Å². The van der Waals surface area contributed by atoms with Crippen molar-refractivity contribution in [3.05, 3.63) is 34.3 Å². The molecule has 1 saturated heterocycles. The molecule has 3 atom stereocenters. The SMILES string of the molecule is NC1CCC2CN(C(=O)c3cn(Cc4cccs4)nn3)CC12. The number of likely N-dealkylation sites (tertiary alicyclic amines) is 1. The molecule has 0 spiro atoms. The number of carbonyl (C=O) groups excluding carboxylic acids is 1. The molecule has 2 N–H and O–H groups in total. The van der Waals surface area contributed by atoms with Gasteiger partial charge in [-0.25, -0.2) is 4.68 Å². The average Bonchev–Trinajstić information content (AvgIpc) is 3.26. The number of fused-ring (bicyclic) bond motifs is 1. The second-order valence-electron chi connectivity index (χ2n) is 6.26. The van der Waals surface area contributed by atoms with Crippen molar-refractivity contribution >= 4 is 17.2 Å². The predicted molar refractivity (Wildman–Crippen MR) is 83.5 cm³/mol. The van der Waals surface area contributed by atoms with Crippen LogP contribution in [0.3, 0.4) is 0 Å². The Kier molecular flexibility index (Phi) is 3.46. The zero-order valence-corrected chi connectivity index (χ0v) is 13.1. The quantitative estimate of drug-likeness (QED) is 0.923. The van der Waals surface area contributed by atoms with Gasteiger partial charge in [0.15, 0.2) is 5.69 Å². The van der Waals surface area contributed by atoms with E-state index >= 15 is 0 Å². The van der Waals surface area contributed by atoms with Gasteiger partial charge in [0, 0.05) is 24.0 Å². The van der Waals surface area contributed by atoms with Gasteiger partial charge in [0.1, 0.15) is 0 Å². The van der Waals surface area contributed by atoms with Crippen LogP contribution in [-0.2, 0) is 6.54 Å². The molecule has 0 radical (unpaired) electrons. The van der Waals surface area contributed by atoms with Crippen molar-refractivity contribution in [3.63, 3.8) is 0 Å². The van der Waals surface area contributed by atoms with Gasteiger partial charge in [-0.3, -0.25) is 4.79 Å². The van der Waals surface area contributed by atoms with E-state index in [1.807, 2.05) is 16.3 Å². The highest BCUT2D eigenvalue weighted by Gasteiger charge is 2.42. The molecule has 1 aliphatic heterocycles. The summed E-state index contributed by atoms with van der Waals surface area (Å²) >= 11 is 1.67. The maximum atomic E-state index is 12.6. The maximum absolute atomic E-state index is 12.6. The van der Waals surface area contributed by atoms with Crippen LogP contribution >= 0.6 is 11.3 Å². The van der Waals surface area contributed by atoms with Crippen LogP contribution in [-0.4, -0.2) is 44.9 Å². The summed E-state index contributed by atoms with van der Waals surface area (Å²) in [5.41, 5.74) is 6.57. The minimum atomic E-state index is -0.0148. The number of hydrogen-bond donors (Lipinski definition) is 1. The highest BCUT2D eigenvalue weighted by molar-refractivity contribution is 7.09. The Morgan fingerprint density at radius 3 is 3.09 bits per heavy atom. The van der Waals surface area contributed by atoms with E-state index in [9.17, 15) is 4.79 Å². The fraction of sp³-hybridized carbons (Fsp3) is 0.533. The molecular formula is C15H19N5OS. The van der Waals surface area contributed by atoms with Crippen molar-refractivity contribution in [2.45, 2.75) is 25.4 Å². The van der Waals surface area contributed by atoms with E-state index in [0.29, 0.717) is 24.1 Å². The lowest BCUT2D eigenvalue weighted by molar-refractivity contribution is 0.0773. The molecule has 1 aliphatic carbocycles. The minimum absolute atomic E-state index is 0.0148. The minimum Gasteiger partial charge on any atom is -0.337 e. The second kappa shape index (κ2) is 5.48. The van der Waals surface area contributed by atoms with E-state index in [1.165, 1.54) is 4.88 Å². The number of aromatic nitrogens is 3. The third-order valence-corrected chi connectivity index (χ3v) is 5.72. The third kappa shape index (κ3) is 2.44. The van der Waals surface area contributed by atoms with Gasteiger partial charge in [-0.1, -0.05) is 11.3 Å². The number of hydrogen-bond acceptors (Lipinski definition) is 5. The lowest BCUT2D eigenvalue weighted by Crippen LogP contribution is -2.33. The van der Waals surface area contributed by atoms with Gasteiger partial charge in [-0.2, -0.15) is 0 Å². The molecule has 0 bridgehead atoms. The summed E-state index contributed by atoms with van der Waals surface area (Å²) < 4.78 is 1.72. The first-order valence-corrected chi connectivity index (χ1v) is 8.56. The number of thiophene rings is 1. The lowest BCUT2D eigenvalue weighted by atomic mass is 9.98. The average molecular weight is 317 g/mol. The number of rotatable bonds is 3. The van der Waals surface area contributed by atoms with Crippen LogP contribution < -0.4 is 5.73 Å². The van der Waals surface area contributed by atoms with Crippen LogP contribution in [0.2, 0.25) is 0 Å². The molecule has 22 heavy (non-hydrogen) atoms. The maximum Gasteiger partial charge on any atom is 0.276 e. The molecule has 3 unspecified atom stereocenters. The summed E-state index contributed by atoms with van der Waals surface area (Å²) in [5.74, 6) is 1.02. The van der Waals surface area contributed by atoms with Crippen LogP contribution in [0, 0.1) is 11.8 Å². The topological polar surface area (TPSA) is 77.0 Å². The monoisotopic (exact) mass is 317 g/mol. The third-order valence-electron chi connectivity index (χ3n) is 4.86. The zero-order valence-electron chi connectivity index (χ0n) is 12.3. The Hall–Kier alpha value is -1.73. The molecule has 6 nitrogen and oxygen atoms in total. The van der Waals surface area contributed by atoms with Crippen molar-refractivity contribution < 1.29 is 4.79 Å². The van der Waals surface area contributed by atoms with Crippen molar-refractivity contribution in [1.29, 1.82) is 0 Å². The first-order chi connectivity index (χ1) is 10.7. The van der Waals surface area contributed by atoms with Gasteiger partial charge in [0.25, 0.3) is 5.91 Å². The molecule has 7 heteroatoms. The van der Waals surface area contributed by atoms with E-state index < -0.39 is 0 Å². The second-order valence-corrected chi connectivity index (χ2v) is 7.29. The molecule has 2 aromatic rings. The fourth-order valence-electron chi connectivity index (χ4n) is 3.67. The zero-order chi connectivity index (χ0) is 15.1. The Labute approximate surface area is 132 Å². The lowest BCUT2D eigenvalue weighted by Gasteiger charge is -2.17. The normalized spacial score (nSPS) is 27.3. The highest BCUT2D eigenvalue weighted by atomic mass is 32.1. The number of nitrogens with two attached hydrogens (primary N) is 1. The predicted octanol–water partition coefficient (Wildman–Crippen LogP) is 1.20. The largest absolute Gasteiger partial charge is 0.337 e. The summed E-state index contributed by atoms with van der Waals surface area (Å²) in [6, 6.07) is 4.31. The van der Waals surface area contributed by atoms with Gasteiger partial charge < -0.3 is 10.6 Å². The van der Waals surface area contributed by atoms with Gasteiger partial charge in [-0.15, -0.1) is 16.4 Å². The highest BCUT2D eigenvalue weighted by Crippen LogP contribution is 2.37. The number of nitrogens with zero attached hydrogens (tertiary/aromatic N) is 4. The summed E-state index contributed by atoms with van der Waals surface area (Å²) in [7, 11) is 0. The Morgan fingerprint density at radius 1 is 1.41 bits per heavy atom. The van der Waals surface area contributed by atoms with E-state index in [-0.39, 0.29) is 11.9 Å². The number of carbonyl (C=O) groups is 1. The summed E-state index contributed by atoms with van der Waals surface area (Å²) in [4.78, 5) is 15.7. The summed E-state index contributed by atoms with van der Waals surface area (Å²) in [6.07, 6.45) is 3.98. The van der Waals surface area contributed by atoms with Gasteiger partial charge in [0.2, 0.25) is 0 Å².